The number of rotatable bonds is 8. The second kappa shape index (κ2) is 10.1. The molecule has 1 unspecified atom stereocenters. The van der Waals surface area contributed by atoms with Gasteiger partial charge in [0.25, 0.3) is 5.91 Å². The van der Waals surface area contributed by atoms with E-state index in [9.17, 15) is 13.6 Å². The van der Waals surface area contributed by atoms with E-state index in [1.807, 2.05) is 25.9 Å². The number of hydrogen-bond donors (Lipinski definition) is 0. The summed E-state index contributed by atoms with van der Waals surface area (Å²) in [6.45, 7) is 4.01. The van der Waals surface area contributed by atoms with E-state index >= 15 is 0 Å². The standard InChI is InChI=1S/C24H31F2N3O2/c1-5-6-13-31-23-10-7-17(14-21(23)26)24(30)28(4)18-8-9-22(20(25)15-18)29-12-11-19(16-29)27(2)3/h7-10,14-15,19H,5-6,11-13,16H2,1-4H3. The number of ether oxygens (including phenoxy) is 1. The van der Waals surface area contributed by atoms with E-state index in [-0.39, 0.29) is 17.1 Å². The molecule has 1 atom stereocenters. The van der Waals surface area contributed by atoms with Gasteiger partial charge in [-0.15, -0.1) is 0 Å². The Balaban J connectivity index is 1.71. The van der Waals surface area contributed by atoms with Gasteiger partial charge in [0.1, 0.15) is 5.82 Å². The summed E-state index contributed by atoms with van der Waals surface area (Å²) in [7, 11) is 5.61. The number of hydrogen-bond acceptors (Lipinski definition) is 4. The van der Waals surface area contributed by atoms with Gasteiger partial charge < -0.3 is 19.4 Å². The van der Waals surface area contributed by atoms with Gasteiger partial charge in [0.05, 0.1) is 12.3 Å². The lowest BCUT2D eigenvalue weighted by molar-refractivity contribution is 0.0992. The molecule has 1 amide bonds. The summed E-state index contributed by atoms with van der Waals surface area (Å²) in [5.41, 5.74) is 1.13. The highest BCUT2D eigenvalue weighted by Gasteiger charge is 2.26. The van der Waals surface area contributed by atoms with Gasteiger partial charge in [0.2, 0.25) is 0 Å². The first-order valence-corrected chi connectivity index (χ1v) is 10.7. The van der Waals surface area contributed by atoms with Crippen molar-refractivity contribution in [2.24, 2.45) is 0 Å². The molecule has 1 heterocycles. The lowest BCUT2D eigenvalue weighted by Crippen LogP contribution is -2.31. The maximum absolute atomic E-state index is 14.9. The summed E-state index contributed by atoms with van der Waals surface area (Å²) in [4.78, 5) is 18.3. The molecular formula is C24H31F2N3O2. The molecule has 168 valence electrons. The third kappa shape index (κ3) is 5.34. The molecule has 0 spiro atoms. The van der Waals surface area contributed by atoms with Crippen molar-refractivity contribution in [2.75, 3.05) is 50.6 Å². The zero-order valence-corrected chi connectivity index (χ0v) is 18.7. The Hall–Kier alpha value is -2.67. The van der Waals surface area contributed by atoms with Crippen molar-refractivity contribution in [1.82, 2.24) is 4.90 Å². The summed E-state index contributed by atoms with van der Waals surface area (Å²) < 4.78 is 34.6. The monoisotopic (exact) mass is 431 g/mol. The fraction of sp³-hybridized carbons (Fsp3) is 0.458. The number of anilines is 2. The minimum Gasteiger partial charge on any atom is -0.491 e. The number of likely N-dealkylation sites (N-methyl/N-ethyl adjacent to an activating group) is 1. The molecule has 0 radical (unpaired) electrons. The van der Waals surface area contributed by atoms with Gasteiger partial charge in [-0.05, 0) is 63.3 Å². The van der Waals surface area contributed by atoms with Crippen LogP contribution in [0.4, 0.5) is 20.2 Å². The second-order valence-corrected chi connectivity index (χ2v) is 8.20. The van der Waals surface area contributed by atoms with Gasteiger partial charge in [-0.1, -0.05) is 13.3 Å². The molecule has 1 aliphatic rings. The van der Waals surface area contributed by atoms with Crippen molar-refractivity contribution in [1.29, 1.82) is 0 Å². The van der Waals surface area contributed by atoms with E-state index in [0.29, 0.717) is 24.0 Å². The molecule has 0 bridgehead atoms. The number of carbonyl (C=O) groups excluding carboxylic acids is 1. The molecule has 1 saturated heterocycles. The Bertz CT molecular complexity index is 920. The topological polar surface area (TPSA) is 36.0 Å². The molecule has 0 saturated carbocycles. The zero-order chi connectivity index (χ0) is 22.5. The maximum atomic E-state index is 14.9. The SMILES string of the molecule is CCCCOc1ccc(C(=O)N(C)c2ccc(N3CCC(N(C)C)C3)c(F)c2)cc1F. The minimum absolute atomic E-state index is 0.129. The molecule has 7 heteroatoms. The molecule has 0 aromatic heterocycles. The van der Waals surface area contributed by atoms with Gasteiger partial charge >= 0.3 is 0 Å². The van der Waals surface area contributed by atoms with Crippen molar-refractivity contribution in [3.63, 3.8) is 0 Å². The van der Waals surface area contributed by atoms with Crippen LogP contribution in [0, 0.1) is 11.6 Å². The Morgan fingerprint density at radius 2 is 1.90 bits per heavy atom. The fourth-order valence-corrected chi connectivity index (χ4v) is 3.73. The number of unbranched alkanes of at least 4 members (excludes halogenated alkanes) is 1. The Morgan fingerprint density at radius 3 is 2.52 bits per heavy atom. The maximum Gasteiger partial charge on any atom is 0.258 e. The Morgan fingerprint density at radius 1 is 1.13 bits per heavy atom. The molecule has 2 aromatic carbocycles. The van der Waals surface area contributed by atoms with Crippen molar-refractivity contribution in [2.45, 2.75) is 32.2 Å². The van der Waals surface area contributed by atoms with E-state index in [1.54, 1.807) is 19.2 Å². The molecule has 5 nitrogen and oxygen atoms in total. The van der Waals surface area contributed by atoms with Gasteiger partial charge in [-0.3, -0.25) is 4.79 Å². The van der Waals surface area contributed by atoms with Gasteiger partial charge in [0.15, 0.2) is 11.6 Å². The van der Waals surface area contributed by atoms with Crippen molar-refractivity contribution >= 4 is 17.3 Å². The summed E-state index contributed by atoms with van der Waals surface area (Å²) in [5, 5.41) is 0. The molecular weight excluding hydrogens is 400 g/mol. The van der Waals surface area contributed by atoms with E-state index in [4.69, 9.17) is 4.74 Å². The Kier molecular flexibility index (Phi) is 7.49. The van der Waals surface area contributed by atoms with Crippen molar-refractivity contribution in [3.8, 4) is 5.75 Å². The molecule has 31 heavy (non-hydrogen) atoms. The summed E-state index contributed by atoms with van der Waals surface area (Å²) in [6, 6.07) is 9.33. The smallest absolute Gasteiger partial charge is 0.258 e. The van der Waals surface area contributed by atoms with Crippen molar-refractivity contribution in [3.05, 3.63) is 53.6 Å². The molecule has 0 N–H and O–H groups in total. The van der Waals surface area contributed by atoms with Gasteiger partial charge in [0, 0.05) is 37.4 Å². The van der Waals surface area contributed by atoms with Crippen LogP contribution in [0.25, 0.3) is 0 Å². The van der Waals surface area contributed by atoms with E-state index in [2.05, 4.69) is 4.90 Å². The van der Waals surface area contributed by atoms with Crippen LogP contribution in [0.1, 0.15) is 36.5 Å². The van der Waals surface area contributed by atoms with Crippen LogP contribution in [-0.2, 0) is 0 Å². The number of halogens is 2. The van der Waals surface area contributed by atoms with Crippen LogP contribution in [0.5, 0.6) is 5.75 Å². The predicted molar refractivity (Wildman–Crippen MR) is 120 cm³/mol. The van der Waals surface area contributed by atoms with Crippen molar-refractivity contribution < 1.29 is 18.3 Å². The fourth-order valence-electron chi connectivity index (χ4n) is 3.73. The lowest BCUT2D eigenvalue weighted by atomic mass is 10.1. The zero-order valence-electron chi connectivity index (χ0n) is 18.7. The third-order valence-electron chi connectivity index (χ3n) is 5.79. The highest BCUT2D eigenvalue weighted by molar-refractivity contribution is 6.05. The summed E-state index contributed by atoms with van der Waals surface area (Å²) in [6.07, 6.45) is 2.76. The first kappa shape index (κ1) is 23.0. The number of amides is 1. The molecule has 1 aliphatic heterocycles. The van der Waals surface area contributed by atoms with Crippen LogP contribution in [0.3, 0.4) is 0 Å². The first-order valence-electron chi connectivity index (χ1n) is 10.7. The van der Waals surface area contributed by atoms with E-state index in [0.717, 1.165) is 38.4 Å². The number of nitrogens with zero attached hydrogens (tertiary/aromatic N) is 3. The lowest BCUT2D eigenvalue weighted by Gasteiger charge is -2.24. The van der Waals surface area contributed by atoms with Gasteiger partial charge in [-0.2, -0.15) is 0 Å². The third-order valence-corrected chi connectivity index (χ3v) is 5.79. The second-order valence-electron chi connectivity index (χ2n) is 8.20. The first-order chi connectivity index (χ1) is 14.8. The normalized spacial score (nSPS) is 16.1. The molecule has 1 fully saturated rings. The summed E-state index contributed by atoms with van der Waals surface area (Å²) in [5.74, 6) is -1.24. The molecule has 0 aliphatic carbocycles. The van der Waals surface area contributed by atoms with Crippen LogP contribution >= 0.6 is 0 Å². The van der Waals surface area contributed by atoms with Crippen LogP contribution in [0.15, 0.2) is 36.4 Å². The van der Waals surface area contributed by atoms with Crippen LogP contribution in [-0.4, -0.2) is 57.7 Å². The highest BCUT2D eigenvalue weighted by atomic mass is 19.1. The molecule has 3 rings (SSSR count). The molecule has 2 aromatic rings. The van der Waals surface area contributed by atoms with Gasteiger partial charge in [-0.25, -0.2) is 8.78 Å². The minimum atomic E-state index is -0.582. The quantitative estimate of drug-likeness (QED) is 0.574. The highest BCUT2D eigenvalue weighted by Crippen LogP contribution is 2.29. The van der Waals surface area contributed by atoms with Crippen LogP contribution < -0.4 is 14.5 Å². The number of carbonyl (C=O) groups is 1. The Labute approximate surface area is 183 Å². The summed E-state index contributed by atoms with van der Waals surface area (Å²) >= 11 is 0. The van der Waals surface area contributed by atoms with Crippen LogP contribution in [0.2, 0.25) is 0 Å². The van der Waals surface area contributed by atoms with E-state index < -0.39 is 11.7 Å². The predicted octanol–water partition coefficient (Wildman–Crippen LogP) is 4.56. The number of benzene rings is 2. The largest absolute Gasteiger partial charge is 0.491 e. The van der Waals surface area contributed by atoms with E-state index in [1.165, 1.54) is 23.1 Å². The average molecular weight is 432 g/mol. The average Bonchev–Trinajstić information content (AvgIpc) is 3.24.